The van der Waals surface area contributed by atoms with Crippen LogP contribution in [0.1, 0.15) is 11.1 Å². The van der Waals surface area contributed by atoms with Gasteiger partial charge in [0.2, 0.25) is 0 Å². The Morgan fingerprint density at radius 2 is 1.17 bits per heavy atom. The predicted molar refractivity (Wildman–Crippen MR) is 99.8 cm³/mol. The maximum Gasteiger partial charge on any atom is 0.355 e. The van der Waals surface area contributed by atoms with Gasteiger partial charge >= 0.3 is 6.03 Å². The fourth-order valence-electron chi connectivity index (χ4n) is 1.54. The molecule has 0 fully saturated rings. The van der Waals surface area contributed by atoms with E-state index in [-0.39, 0.29) is 0 Å². The molecular weight excluding hydrogens is 394 g/mol. The highest BCUT2D eigenvalue weighted by molar-refractivity contribution is 6.42. The zero-order valence-corrected chi connectivity index (χ0v) is 15.0. The summed E-state index contributed by atoms with van der Waals surface area (Å²) >= 11 is 23.4. The number of urea groups is 1. The van der Waals surface area contributed by atoms with Gasteiger partial charge in [0.25, 0.3) is 0 Å². The van der Waals surface area contributed by atoms with Crippen molar-refractivity contribution in [3.63, 3.8) is 0 Å². The average Bonchev–Trinajstić information content (AvgIpc) is 2.54. The van der Waals surface area contributed by atoms with E-state index in [1.807, 2.05) is 0 Å². The van der Waals surface area contributed by atoms with Crippen LogP contribution in [0.15, 0.2) is 46.6 Å². The molecule has 0 atom stereocenters. The Bertz CT molecular complexity index is 743. The second-order valence-corrected chi connectivity index (χ2v) is 6.05. The highest BCUT2D eigenvalue weighted by Crippen LogP contribution is 2.22. The van der Waals surface area contributed by atoms with Crippen molar-refractivity contribution in [1.82, 2.24) is 10.9 Å². The zero-order chi connectivity index (χ0) is 17.5. The van der Waals surface area contributed by atoms with Crippen LogP contribution in [0.25, 0.3) is 0 Å². The Hall–Kier alpha value is -1.79. The third kappa shape index (κ3) is 5.69. The molecular formula is C15H10Cl4N4O. The van der Waals surface area contributed by atoms with Crippen molar-refractivity contribution >= 4 is 64.9 Å². The first-order chi connectivity index (χ1) is 11.5. The fourth-order valence-corrected chi connectivity index (χ4v) is 2.15. The molecule has 5 nitrogen and oxygen atoms in total. The van der Waals surface area contributed by atoms with Gasteiger partial charge in [-0.1, -0.05) is 58.5 Å². The number of carbonyl (C=O) groups is 1. The summed E-state index contributed by atoms with van der Waals surface area (Å²) in [7, 11) is 0. The molecule has 0 aromatic heterocycles. The van der Waals surface area contributed by atoms with Gasteiger partial charge in [0, 0.05) is 0 Å². The third-order valence-corrected chi connectivity index (χ3v) is 4.12. The van der Waals surface area contributed by atoms with Crippen LogP contribution in [-0.4, -0.2) is 18.5 Å². The standard InChI is InChI=1S/C15H10Cl4N4O/c16-11-3-1-9(5-13(11)18)7-20-22-15(24)23-21-8-10-2-4-12(17)14(19)6-10/h1-8H,(H2,22,23,24)/b20-7-,21-8+. The molecule has 0 aliphatic heterocycles. The monoisotopic (exact) mass is 402 g/mol. The number of carbonyl (C=O) groups excluding carboxylic acids is 1. The minimum Gasteiger partial charge on any atom is -0.245 e. The number of benzene rings is 2. The molecule has 2 rings (SSSR count). The minimum absolute atomic E-state index is 0.399. The van der Waals surface area contributed by atoms with Crippen molar-refractivity contribution in [3.8, 4) is 0 Å². The molecule has 0 aliphatic rings. The second-order valence-electron chi connectivity index (χ2n) is 4.42. The normalized spacial score (nSPS) is 11.2. The first-order valence-corrected chi connectivity index (χ1v) is 7.99. The molecule has 124 valence electrons. The van der Waals surface area contributed by atoms with E-state index in [0.29, 0.717) is 31.2 Å². The number of rotatable bonds is 4. The lowest BCUT2D eigenvalue weighted by Gasteiger charge is -2.00. The molecule has 0 heterocycles. The molecule has 0 saturated carbocycles. The lowest BCUT2D eigenvalue weighted by molar-refractivity contribution is 0.242. The molecule has 0 unspecified atom stereocenters. The predicted octanol–water partition coefficient (Wildman–Crippen LogP) is 4.97. The minimum atomic E-state index is -0.609. The molecule has 2 N–H and O–H groups in total. The Balaban J connectivity index is 1.84. The van der Waals surface area contributed by atoms with Gasteiger partial charge in [-0.25, -0.2) is 15.6 Å². The van der Waals surface area contributed by atoms with Gasteiger partial charge in [-0.15, -0.1) is 0 Å². The summed E-state index contributed by atoms with van der Waals surface area (Å²) in [6.07, 6.45) is 2.84. The number of hydrazone groups is 2. The summed E-state index contributed by atoms with van der Waals surface area (Å²) in [6.45, 7) is 0. The van der Waals surface area contributed by atoms with Gasteiger partial charge in [0.15, 0.2) is 0 Å². The maximum atomic E-state index is 11.5. The van der Waals surface area contributed by atoms with E-state index in [4.69, 9.17) is 46.4 Å². The quantitative estimate of drug-likeness (QED) is 0.549. The molecule has 0 bridgehead atoms. The summed E-state index contributed by atoms with van der Waals surface area (Å²) in [5, 5.41) is 9.21. The van der Waals surface area contributed by atoms with Crippen LogP contribution in [0.4, 0.5) is 4.79 Å². The van der Waals surface area contributed by atoms with Crippen molar-refractivity contribution < 1.29 is 4.79 Å². The van der Waals surface area contributed by atoms with Gasteiger partial charge in [0.1, 0.15) is 0 Å². The van der Waals surface area contributed by atoms with E-state index in [0.717, 1.165) is 0 Å². The first kappa shape index (κ1) is 18.5. The Labute approximate surface area is 158 Å². The number of nitrogens with one attached hydrogen (secondary N) is 2. The van der Waals surface area contributed by atoms with E-state index in [9.17, 15) is 4.79 Å². The number of amides is 2. The topological polar surface area (TPSA) is 65.8 Å². The molecule has 0 saturated heterocycles. The van der Waals surface area contributed by atoms with Crippen molar-refractivity contribution in [2.24, 2.45) is 10.2 Å². The fraction of sp³-hybridized carbons (Fsp3) is 0. The van der Waals surface area contributed by atoms with Crippen molar-refractivity contribution in [2.45, 2.75) is 0 Å². The van der Waals surface area contributed by atoms with E-state index in [1.54, 1.807) is 36.4 Å². The Morgan fingerprint density at radius 3 is 1.54 bits per heavy atom. The Kier molecular flexibility index (Phi) is 6.87. The molecule has 2 amide bonds. The summed E-state index contributed by atoms with van der Waals surface area (Å²) < 4.78 is 0. The molecule has 2 aromatic rings. The van der Waals surface area contributed by atoms with Gasteiger partial charge in [0.05, 0.1) is 32.5 Å². The molecule has 24 heavy (non-hydrogen) atoms. The maximum absolute atomic E-state index is 11.5. The van der Waals surface area contributed by atoms with E-state index in [1.165, 1.54) is 12.4 Å². The van der Waals surface area contributed by atoms with Crippen molar-refractivity contribution in [1.29, 1.82) is 0 Å². The van der Waals surface area contributed by atoms with Crippen LogP contribution in [0.3, 0.4) is 0 Å². The first-order valence-electron chi connectivity index (χ1n) is 6.48. The largest absolute Gasteiger partial charge is 0.355 e. The van der Waals surface area contributed by atoms with Gasteiger partial charge in [-0.05, 0) is 35.4 Å². The number of nitrogens with zero attached hydrogens (tertiary/aromatic N) is 2. The van der Waals surface area contributed by atoms with Crippen LogP contribution in [0.5, 0.6) is 0 Å². The number of hydrogen-bond acceptors (Lipinski definition) is 3. The molecule has 0 radical (unpaired) electrons. The van der Waals surface area contributed by atoms with E-state index in [2.05, 4.69) is 21.1 Å². The molecule has 0 spiro atoms. The van der Waals surface area contributed by atoms with E-state index >= 15 is 0 Å². The summed E-state index contributed by atoms with van der Waals surface area (Å²) in [5.41, 5.74) is 5.88. The lowest BCUT2D eigenvalue weighted by atomic mass is 10.2. The zero-order valence-electron chi connectivity index (χ0n) is 11.9. The second kappa shape index (κ2) is 8.89. The Morgan fingerprint density at radius 1 is 0.750 bits per heavy atom. The SMILES string of the molecule is O=C(N/N=C\c1ccc(Cl)c(Cl)c1)N/N=C/c1ccc(Cl)c(Cl)c1. The molecule has 2 aromatic carbocycles. The number of halogens is 4. The highest BCUT2D eigenvalue weighted by atomic mass is 35.5. The summed E-state index contributed by atoms with van der Waals surface area (Å²) in [6, 6.07) is 9.31. The van der Waals surface area contributed by atoms with Crippen LogP contribution in [0.2, 0.25) is 20.1 Å². The smallest absolute Gasteiger partial charge is 0.245 e. The average molecular weight is 404 g/mol. The van der Waals surface area contributed by atoms with Crippen molar-refractivity contribution in [3.05, 3.63) is 67.6 Å². The van der Waals surface area contributed by atoms with Gasteiger partial charge in [-0.3, -0.25) is 0 Å². The van der Waals surface area contributed by atoms with Gasteiger partial charge in [-0.2, -0.15) is 10.2 Å². The van der Waals surface area contributed by atoms with Gasteiger partial charge < -0.3 is 0 Å². The van der Waals surface area contributed by atoms with Crippen molar-refractivity contribution in [2.75, 3.05) is 0 Å². The van der Waals surface area contributed by atoms with Crippen LogP contribution in [0, 0.1) is 0 Å². The van der Waals surface area contributed by atoms with Crippen LogP contribution >= 0.6 is 46.4 Å². The third-order valence-electron chi connectivity index (χ3n) is 2.65. The summed E-state index contributed by atoms with van der Waals surface area (Å²) in [4.78, 5) is 11.5. The molecule has 9 heteroatoms. The number of hydrogen-bond donors (Lipinski definition) is 2. The summed E-state index contributed by atoms with van der Waals surface area (Å²) in [5.74, 6) is 0. The van der Waals surface area contributed by atoms with E-state index < -0.39 is 6.03 Å². The van der Waals surface area contributed by atoms with Crippen LogP contribution < -0.4 is 10.9 Å². The lowest BCUT2D eigenvalue weighted by Crippen LogP contribution is -2.28. The highest BCUT2D eigenvalue weighted by Gasteiger charge is 1.99. The van der Waals surface area contributed by atoms with Crippen LogP contribution in [-0.2, 0) is 0 Å². The molecule has 0 aliphatic carbocycles.